The van der Waals surface area contributed by atoms with Gasteiger partial charge in [-0.05, 0) is 43.7 Å². The third-order valence-electron chi connectivity index (χ3n) is 6.02. The molecule has 0 radical (unpaired) electrons. The number of amides is 2. The van der Waals surface area contributed by atoms with Gasteiger partial charge in [0.1, 0.15) is 18.6 Å². The normalized spacial score (nSPS) is 13.9. The lowest BCUT2D eigenvalue weighted by Crippen LogP contribution is -2.48. The molecule has 4 rings (SSSR count). The molecule has 0 saturated carbocycles. The van der Waals surface area contributed by atoms with Crippen LogP contribution in [0.2, 0.25) is 0 Å². The van der Waals surface area contributed by atoms with Crippen molar-refractivity contribution in [2.24, 2.45) is 0 Å². The van der Waals surface area contributed by atoms with Gasteiger partial charge in [0.2, 0.25) is 17.1 Å². The topological polar surface area (TPSA) is 92.1 Å². The van der Waals surface area contributed by atoms with Gasteiger partial charge in [-0.25, -0.2) is 0 Å². The van der Waals surface area contributed by atoms with Crippen molar-refractivity contribution < 1.29 is 18.7 Å². The highest BCUT2D eigenvalue weighted by Crippen LogP contribution is 2.16. The minimum atomic E-state index is -0.211. The summed E-state index contributed by atoms with van der Waals surface area (Å²) < 4.78 is 11.4. The van der Waals surface area contributed by atoms with Crippen LogP contribution in [0, 0.1) is 13.8 Å². The van der Waals surface area contributed by atoms with E-state index in [-0.39, 0.29) is 23.0 Å². The molecule has 2 aromatic carbocycles. The third-order valence-corrected chi connectivity index (χ3v) is 6.02. The highest BCUT2D eigenvalue weighted by atomic mass is 16.5. The Morgan fingerprint density at radius 2 is 1.64 bits per heavy atom. The average molecular weight is 490 g/mol. The van der Waals surface area contributed by atoms with E-state index in [1.54, 1.807) is 24.3 Å². The van der Waals surface area contributed by atoms with Gasteiger partial charge < -0.3 is 19.4 Å². The largest absolute Gasteiger partial charge is 0.482 e. The molecule has 1 saturated heterocycles. The predicted octanol–water partition coefficient (Wildman–Crippen LogP) is 3.75. The van der Waals surface area contributed by atoms with E-state index in [1.807, 2.05) is 30.9 Å². The lowest BCUT2D eigenvalue weighted by Gasteiger charge is -2.34. The first-order valence-corrected chi connectivity index (χ1v) is 12.0. The lowest BCUT2D eigenvalue weighted by atomic mass is 10.1. The van der Waals surface area contributed by atoms with E-state index in [0.29, 0.717) is 56.3 Å². The first kappa shape index (κ1) is 25.2. The van der Waals surface area contributed by atoms with Gasteiger partial charge in [-0.2, -0.15) is 0 Å². The molecular formula is C28H31N3O5. The standard InChI is InChI=1S/C28H31N3O5/c1-19-12-20(2)14-22(13-19)17-36-27-18-35-25(15-26(27)33)16-30-8-10-31(11-9-30)28(34)23-4-6-24(7-5-23)29-21(3)32/h4-7,12-15,18H,8-11,16-17H2,1-3H3,(H,29,32). The van der Waals surface area contributed by atoms with Crippen molar-refractivity contribution in [1.82, 2.24) is 9.80 Å². The number of aryl methyl sites for hydroxylation is 2. The summed E-state index contributed by atoms with van der Waals surface area (Å²) in [7, 11) is 0. The SMILES string of the molecule is CC(=O)Nc1ccc(C(=O)N2CCN(Cc3cc(=O)c(OCc4cc(C)cc(C)c4)co3)CC2)cc1. The Morgan fingerprint density at radius 3 is 2.25 bits per heavy atom. The fraction of sp³-hybridized carbons (Fsp3) is 0.321. The number of benzene rings is 2. The number of piperazine rings is 1. The Bertz CT molecular complexity index is 1270. The molecule has 0 aliphatic carbocycles. The molecule has 1 aliphatic rings. The van der Waals surface area contributed by atoms with Gasteiger partial charge >= 0.3 is 0 Å². The van der Waals surface area contributed by atoms with Crippen LogP contribution in [-0.2, 0) is 17.9 Å². The summed E-state index contributed by atoms with van der Waals surface area (Å²) in [6, 6.07) is 14.5. The summed E-state index contributed by atoms with van der Waals surface area (Å²) >= 11 is 0. The predicted molar refractivity (Wildman–Crippen MR) is 137 cm³/mol. The van der Waals surface area contributed by atoms with Gasteiger partial charge in [0.05, 0.1) is 6.54 Å². The molecule has 0 spiro atoms. The quantitative estimate of drug-likeness (QED) is 0.544. The van der Waals surface area contributed by atoms with Crippen molar-refractivity contribution in [3.8, 4) is 5.75 Å². The second-order valence-corrected chi connectivity index (χ2v) is 9.19. The molecule has 0 bridgehead atoms. The van der Waals surface area contributed by atoms with E-state index in [0.717, 1.165) is 16.7 Å². The molecule has 1 fully saturated rings. The van der Waals surface area contributed by atoms with Gasteiger partial charge in [-0.15, -0.1) is 0 Å². The molecule has 8 heteroatoms. The molecule has 3 aromatic rings. The third kappa shape index (κ3) is 6.60. The van der Waals surface area contributed by atoms with Gasteiger partial charge in [0.25, 0.3) is 5.91 Å². The fourth-order valence-corrected chi connectivity index (χ4v) is 4.35. The van der Waals surface area contributed by atoms with Crippen molar-refractivity contribution >= 4 is 17.5 Å². The molecule has 2 heterocycles. The number of carbonyl (C=O) groups excluding carboxylic acids is 2. The maximum atomic E-state index is 12.8. The van der Waals surface area contributed by atoms with E-state index < -0.39 is 0 Å². The van der Waals surface area contributed by atoms with Crippen LogP contribution in [0.5, 0.6) is 5.75 Å². The van der Waals surface area contributed by atoms with Gasteiger partial charge in [-0.3, -0.25) is 19.3 Å². The van der Waals surface area contributed by atoms with E-state index >= 15 is 0 Å². The number of nitrogens with zero attached hydrogens (tertiary/aromatic N) is 2. The first-order valence-electron chi connectivity index (χ1n) is 12.0. The zero-order valence-electron chi connectivity index (χ0n) is 20.9. The lowest BCUT2D eigenvalue weighted by molar-refractivity contribution is -0.114. The van der Waals surface area contributed by atoms with Crippen molar-refractivity contribution in [3.63, 3.8) is 0 Å². The van der Waals surface area contributed by atoms with Crippen molar-refractivity contribution in [2.45, 2.75) is 33.9 Å². The van der Waals surface area contributed by atoms with E-state index in [1.165, 1.54) is 19.3 Å². The van der Waals surface area contributed by atoms with Crippen LogP contribution in [0.1, 0.15) is 39.7 Å². The van der Waals surface area contributed by atoms with Crippen LogP contribution in [0.4, 0.5) is 5.69 Å². The number of carbonyl (C=O) groups is 2. The van der Waals surface area contributed by atoms with Gasteiger partial charge in [0.15, 0.2) is 0 Å². The summed E-state index contributed by atoms with van der Waals surface area (Å²) in [6.45, 7) is 8.79. The number of rotatable bonds is 7. The summed E-state index contributed by atoms with van der Waals surface area (Å²) in [5, 5.41) is 2.70. The van der Waals surface area contributed by atoms with Crippen molar-refractivity contribution in [2.75, 3.05) is 31.5 Å². The molecule has 1 aliphatic heterocycles. The van der Waals surface area contributed by atoms with E-state index in [4.69, 9.17) is 9.15 Å². The molecule has 1 aromatic heterocycles. The molecule has 2 amide bonds. The number of hydrogen-bond acceptors (Lipinski definition) is 6. The maximum Gasteiger partial charge on any atom is 0.253 e. The average Bonchev–Trinajstić information content (AvgIpc) is 2.83. The monoisotopic (exact) mass is 489 g/mol. The number of nitrogens with one attached hydrogen (secondary N) is 1. The Kier molecular flexibility index (Phi) is 7.85. The number of hydrogen-bond donors (Lipinski definition) is 1. The van der Waals surface area contributed by atoms with E-state index in [2.05, 4.69) is 16.3 Å². The second kappa shape index (κ2) is 11.2. The van der Waals surface area contributed by atoms with Crippen LogP contribution < -0.4 is 15.5 Å². The molecular weight excluding hydrogens is 458 g/mol. The van der Waals surface area contributed by atoms with Crippen molar-refractivity contribution in [3.05, 3.63) is 93.0 Å². The molecule has 1 N–H and O–H groups in total. The smallest absolute Gasteiger partial charge is 0.253 e. The number of ether oxygens (including phenoxy) is 1. The second-order valence-electron chi connectivity index (χ2n) is 9.19. The summed E-state index contributed by atoms with van der Waals surface area (Å²) in [5.74, 6) is 0.561. The minimum absolute atomic E-state index is 0.0409. The minimum Gasteiger partial charge on any atom is -0.482 e. The Balaban J connectivity index is 1.28. The molecule has 0 unspecified atom stereocenters. The molecule has 36 heavy (non-hydrogen) atoms. The van der Waals surface area contributed by atoms with Crippen LogP contribution in [0.15, 0.2) is 64.0 Å². The van der Waals surface area contributed by atoms with E-state index in [9.17, 15) is 14.4 Å². The fourth-order valence-electron chi connectivity index (χ4n) is 4.35. The summed E-state index contributed by atoms with van der Waals surface area (Å²) in [4.78, 5) is 40.5. The van der Waals surface area contributed by atoms with Gasteiger partial charge in [0, 0.05) is 50.4 Å². The first-order chi connectivity index (χ1) is 17.3. The Morgan fingerprint density at radius 1 is 0.972 bits per heavy atom. The molecule has 0 atom stereocenters. The molecule has 8 nitrogen and oxygen atoms in total. The highest BCUT2D eigenvalue weighted by molar-refractivity contribution is 5.95. The maximum absolute atomic E-state index is 12.8. The Hall–Kier alpha value is -3.91. The van der Waals surface area contributed by atoms with Crippen LogP contribution in [0.3, 0.4) is 0 Å². The van der Waals surface area contributed by atoms with Crippen LogP contribution in [-0.4, -0.2) is 47.8 Å². The summed E-state index contributed by atoms with van der Waals surface area (Å²) in [5.41, 5.74) is 4.34. The highest BCUT2D eigenvalue weighted by Gasteiger charge is 2.23. The number of anilines is 1. The molecule has 188 valence electrons. The van der Waals surface area contributed by atoms with Crippen LogP contribution in [0.25, 0.3) is 0 Å². The zero-order chi connectivity index (χ0) is 25.7. The zero-order valence-corrected chi connectivity index (χ0v) is 20.9. The van der Waals surface area contributed by atoms with Crippen LogP contribution >= 0.6 is 0 Å². The van der Waals surface area contributed by atoms with Gasteiger partial charge in [-0.1, -0.05) is 29.3 Å². The Labute approximate surface area is 210 Å². The van der Waals surface area contributed by atoms with Crippen molar-refractivity contribution in [1.29, 1.82) is 0 Å². The summed E-state index contributed by atoms with van der Waals surface area (Å²) in [6.07, 6.45) is 1.38.